The van der Waals surface area contributed by atoms with Crippen LogP contribution >= 0.6 is 0 Å². The lowest BCUT2D eigenvalue weighted by molar-refractivity contribution is 0.395. The molecule has 6 nitrogen and oxygen atoms in total. The van der Waals surface area contributed by atoms with Crippen molar-refractivity contribution in [2.45, 2.75) is 19.8 Å². The van der Waals surface area contributed by atoms with Gasteiger partial charge >= 0.3 is 0 Å². The van der Waals surface area contributed by atoms with Crippen LogP contribution in [-0.4, -0.2) is 40.0 Å². The fraction of sp³-hybridized carbons (Fsp3) is 0.778. The van der Waals surface area contributed by atoms with Gasteiger partial charge in [-0.3, -0.25) is 8.74 Å². The molecule has 0 aromatic rings. The fourth-order valence-electron chi connectivity index (χ4n) is 1.25. The molecule has 0 heterocycles. The lowest BCUT2D eigenvalue weighted by atomic mass is 10.1. The summed E-state index contributed by atoms with van der Waals surface area (Å²) in [6.07, 6.45) is 0.494. The Hall–Kier alpha value is -0.620. The normalized spacial score (nSPS) is 13.8. The van der Waals surface area contributed by atoms with Crippen molar-refractivity contribution < 1.29 is 25.6 Å². The highest BCUT2D eigenvalue weighted by Crippen LogP contribution is 2.10. The summed E-state index contributed by atoms with van der Waals surface area (Å²) in [5, 5.41) is 0. The second-order valence-corrected chi connectivity index (χ2v) is 6.76. The van der Waals surface area contributed by atoms with Crippen LogP contribution in [0.1, 0.15) is 19.8 Å². The smallest absolute Gasteiger partial charge is 0.267 e. The average Bonchev–Trinajstić information content (AvgIpc) is 2.15. The van der Waals surface area contributed by atoms with Crippen LogP contribution in [0.5, 0.6) is 0 Å². The van der Waals surface area contributed by atoms with Gasteiger partial charge in [0.15, 0.2) is 0 Å². The highest BCUT2D eigenvalue weighted by Gasteiger charge is 2.16. The molecule has 1 N–H and O–H groups in total. The van der Waals surface area contributed by atoms with E-state index < -0.39 is 31.9 Å². The largest absolute Gasteiger partial charge is 0.286 e. The van der Waals surface area contributed by atoms with E-state index in [0.29, 0.717) is 0 Å². The van der Waals surface area contributed by atoms with Gasteiger partial charge in [-0.25, -0.2) is 0 Å². The van der Waals surface area contributed by atoms with Crippen LogP contribution in [0.3, 0.4) is 0 Å². The van der Waals surface area contributed by atoms with Gasteiger partial charge in [-0.1, -0.05) is 5.92 Å². The van der Waals surface area contributed by atoms with E-state index in [1.807, 2.05) is 0 Å². The monoisotopic (exact) mass is 284 g/mol. The Labute approximate surface area is 102 Å². The summed E-state index contributed by atoms with van der Waals surface area (Å²) >= 11 is 0. The van der Waals surface area contributed by atoms with Gasteiger partial charge in [-0.2, -0.15) is 16.8 Å². The van der Waals surface area contributed by atoms with E-state index in [1.165, 1.54) is 0 Å². The van der Waals surface area contributed by atoms with Crippen molar-refractivity contribution in [3.8, 4) is 11.8 Å². The van der Waals surface area contributed by atoms with E-state index in [9.17, 15) is 16.8 Å². The molecule has 0 spiro atoms. The second kappa shape index (κ2) is 6.96. The van der Waals surface area contributed by atoms with Crippen molar-refractivity contribution >= 4 is 20.2 Å². The first-order valence-corrected chi connectivity index (χ1v) is 8.04. The van der Waals surface area contributed by atoms with Gasteiger partial charge in [0.05, 0.1) is 18.6 Å². The third kappa shape index (κ3) is 9.12. The van der Waals surface area contributed by atoms with Crippen LogP contribution in [0.15, 0.2) is 0 Å². The molecule has 0 aliphatic carbocycles. The van der Waals surface area contributed by atoms with Crippen LogP contribution in [0.25, 0.3) is 0 Å². The van der Waals surface area contributed by atoms with Gasteiger partial charge in [0.1, 0.15) is 0 Å². The average molecular weight is 284 g/mol. The summed E-state index contributed by atoms with van der Waals surface area (Å²) < 4.78 is 56.3. The number of hydrogen-bond acceptors (Lipinski definition) is 5. The van der Waals surface area contributed by atoms with Gasteiger partial charge in [0, 0.05) is 5.92 Å². The Morgan fingerprint density at radius 2 is 1.88 bits per heavy atom. The van der Waals surface area contributed by atoms with Crippen LogP contribution in [-0.2, 0) is 24.4 Å². The van der Waals surface area contributed by atoms with Crippen molar-refractivity contribution in [3.63, 3.8) is 0 Å². The molecule has 1 atom stereocenters. The first-order chi connectivity index (χ1) is 7.70. The van der Waals surface area contributed by atoms with Gasteiger partial charge < -0.3 is 0 Å². The molecule has 0 bridgehead atoms. The Bertz CT molecular complexity index is 479. The molecule has 0 aromatic carbocycles. The van der Waals surface area contributed by atoms with Crippen molar-refractivity contribution in [2.75, 3.05) is 18.6 Å². The molecule has 100 valence electrons. The lowest BCUT2D eigenvalue weighted by Crippen LogP contribution is -2.16. The Kier molecular flexibility index (Phi) is 6.70. The fourth-order valence-corrected chi connectivity index (χ4v) is 2.69. The van der Waals surface area contributed by atoms with Crippen molar-refractivity contribution in [3.05, 3.63) is 0 Å². The molecule has 0 radical (unpaired) electrons. The molecule has 8 heteroatoms. The van der Waals surface area contributed by atoms with Crippen LogP contribution in [0.4, 0.5) is 0 Å². The van der Waals surface area contributed by atoms with Gasteiger partial charge in [-0.05, 0) is 19.8 Å². The van der Waals surface area contributed by atoms with E-state index in [0.717, 1.165) is 7.11 Å². The maximum absolute atomic E-state index is 11.0. The number of rotatable bonds is 7. The van der Waals surface area contributed by atoms with Gasteiger partial charge in [0.25, 0.3) is 20.2 Å². The maximum atomic E-state index is 11.0. The predicted octanol–water partition coefficient (Wildman–Crippen LogP) is 0.270. The minimum atomic E-state index is -4.10. The van der Waals surface area contributed by atoms with E-state index in [-0.39, 0.29) is 18.6 Å². The van der Waals surface area contributed by atoms with Crippen molar-refractivity contribution in [1.82, 2.24) is 0 Å². The SMILES string of the molecule is CC#CC(CCCS(=O)(=O)OC)CS(=O)(=O)O. The highest BCUT2D eigenvalue weighted by atomic mass is 32.2. The lowest BCUT2D eigenvalue weighted by Gasteiger charge is -2.08. The Morgan fingerprint density at radius 1 is 1.29 bits per heavy atom. The molecule has 1 unspecified atom stereocenters. The standard InChI is InChI=1S/C9H16O6S2/c1-3-5-9(8-16(10,11)12)6-4-7-17(13,14)15-2/h9H,4,6-8H2,1-2H3,(H,10,11,12). The molecule has 0 aliphatic rings. The summed E-state index contributed by atoms with van der Waals surface area (Å²) in [4.78, 5) is 0. The summed E-state index contributed by atoms with van der Waals surface area (Å²) in [6, 6.07) is 0. The zero-order valence-electron chi connectivity index (χ0n) is 9.71. The minimum Gasteiger partial charge on any atom is -0.286 e. The Balaban J connectivity index is 4.33. The zero-order chi connectivity index (χ0) is 13.5. The zero-order valence-corrected chi connectivity index (χ0v) is 11.3. The molecule has 0 aromatic heterocycles. The van der Waals surface area contributed by atoms with Crippen LogP contribution < -0.4 is 0 Å². The molecule has 0 saturated heterocycles. The summed E-state index contributed by atoms with van der Waals surface area (Å²) in [7, 11) is -6.57. The minimum absolute atomic E-state index is 0.198. The molecule has 0 aliphatic heterocycles. The topological polar surface area (TPSA) is 97.7 Å². The van der Waals surface area contributed by atoms with Crippen LogP contribution in [0.2, 0.25) is 0 Å². The number of hydrogen-bond donors (Lipinski definition) is 1. The third-order valence-electron chi connectivity index (χ3n) is 1.96. The predicted molar refractivity (Wildman–Crippen MR) is 63.4 cm³/mol. The van der Waals surface area contributed by atoms with Gasteiger partial charge in [0.2, 0.25) is 0 Å². The second-order valence-electron chi connectivity index (χ2n) is 3.41. The first-order valence-electron chi connectivity index (χ1n) is 4.86. The van der Waals surface area contributed by atoms with Crippen LogP contribution in [0, 0.1) is 17.8 Å². The van der Waals surface area contributed by atoms with E-state index in [2.05, 4.69) is 16.0 Å². The molecular weight excluding hydrogens is 268 g/mol. The third-order valence-corrected chi connectivity index (χ3v) is 4.08. The molecule has 0 amide bonds. The summed E-state index contributed by atoms with van der Waals surface area (Å²) in [5.41, 5.74) is 0. The van der Waals surface area contributed by atoms with E-state index >= 15 is 0 Å². The highest BCUT2D eigenvalue weighted by molar-refractivity contribution is 7.86. The summed E-state index contributed by atoms with van der Waals surface area (Å²) in [5.74, 6) is 3.91. The molecule has 17 heavy (non-hydrogen) atoms. The quantitative estimate of drug-likeness (QED) is 0.409. The van der Waals surface area contributed by atoms with Crippen molar-refractivity contribution in [1.29, 1.82) is 0 Å². The molecule has 0 saturated carbocycles. The molecular formula is C9H16O6S2. The first kappa shape index (κ1) is 16.4. The summed E-state index contributed by atoms with van der Waals surface area (Å²) in [6.45, 7) is 1.54. The Morgan fingerprint density at radius 3 is 2.29 bits per heavy atom. The maximum Gasteiger partial charge on any atom is 0.267 e. The molecule has 0 rings (SSSR count). The van der Waals surface area contributed by atoms with Gasteiger partial charge in [-0.15, -0.1) is 5.92 Å². The molecule has 0 fully saturated rings. The van der Waals surface area contributed by atoms with E-state index in [1.54, 1.807) is 6.92 Å². The van der Waals surface area contributed by atoms with E-state index in [4.69, 9.17) is 4.55 Å². The van der Waals surface area contributed by atoms with Crippen molar-refractivity contribution in [2.24, 2.45) is 5.92 Å².